The molecule has 1 aliphatic carbocycles. The number of hydrogen-bond acceptors (Lipinski definition) is 6. The highest BCUT2D eigenvalue weighted by Gasteiger charge is 2.38. The third kappa shape index (κ3) is 6.55. The van der Waals surface area contributed by atoms with Gasteiger partial charge in [-0.25, -0.2) is 8.42 Å². The van der Waals surface area contributed by atoms with Gasteiger partial charge in [0.15, 0.2) is 0 Å². The average molecular weight is 496 g/mol. The molecule has 0 radical (unpaired) electrons. The van der Waals surface area contributed by atoms with Crippen molar-refractivity contribution < 1.29 is 27.8 Å². The van der Waals surface area contributed by atoms with Crippen LogP contribution in [0.15, 0.2) is 83.8 Å². The third-order valence-corrected chi connectivity index (χ3v) is 7.36. The van der Waals surface area contributed by atoms with E-state index in [1.807, 2.05) is 61.5 Å². The first-order valence-corrected chi connectivity index (χ1v) is 13.0. The van der Waals surface area contributed by atoms with Crippen molar-refractivity contribution in [1.29, 1.82) is 0 Å². The molecule has 3 aromatic rings. The van der Waals surface area contributed by atoms with Crippen LogP contribution < -0.4 is 4.72 Å². The smallest absolute Gasteiger partial charge is 0.308 e. The molecular weight excluding hydrogens is 466 g/mol. The van der Waals surface area contributed by atoms with Gasteiger partial charge in [0.2, 0.25) is 10.0 Å². The SMILES string of the molecule is Cc1ccc(S(=O)(=O)N[C@@H]2c3ccccc3C[C@@H]2OC(=O)C[C@@H](O)COCc2ccccc2)cc1. The van der Waals surface area contributed by atoms with Crippen molar-refractivity contribution in [2.75, 3.05) is 6.61 Å². The second-order valence-corrected chi connectivity index (χ2v) is 10.4. The molecule has 0 fully saturated rings. The number of aliphatic hydroxyl groups is 1. The van der Waals surface area contributed by atoms with Gasteiger partial charge in [-0.3, -0.25) is 4.79 Å². The number of ether oxygens (including phenoxy) is 2. The molecule has 3 aromatic carbocycles. The van der Waals surface area contributed by atoms with Gasteiger partial charge in [0.05, 0.1) is 36.7 Å². The molecule has 0 amide bonds. The van der Waals surface area contributed by atoms with Gasteiger partial charge in [-0.2, -0.15) is 4.72 Å². The lowest BCUT2D eigenvalue weighted by Crippen LogP contribution is -2.37. The Morgan fingerprint density at radius 1 is 1.03 bits per heavy atom. The number of aryl methyl sites for hydroxylation is 1. The molecular formula is C27H29NO6S. The number of hydrogen-bond donors (Lipinski definition) is 2. The van der Waals surface area contributed by atoms with Crippen LogP contribution in [-0.2, 0) is 37.3 Å². The fourth-order valence-corrected chi connectivity index (χ4v) is 5.36. The number of esters is 1. The van der Waals surface area contributed by atoms with Crippen LogP contribution in [0.2, 0.25) is 0 Å². The van der Waals surface area contributed by atoms with E-state index in [1.54, 1.807) is 24.3 Å². The Kier molecular flexibility index (Phi) is 7.97. The maximum absolute atomic E-state index is 13.0. The fourth-order valence-electron chi connectivity index (χ4n) is 4.12. The number of fused-ring (bicyclic) bond motifs is 1. The topological polar surface area (TPSA) is 102 Å². The standard InChI is InChI=1S/C27H29NO6S/c1-19-11-13-23(14-12-19)35(31,32)28-27-24-10-6-5-9-21(24)15-25(27)34-26(30)16-22(29)18-33-17-20-7-3-2-4-8-20/h2-14,22,25,27-29H,15-18H2,1H3/t22-,25+,27-/m1/s1. The van der Waals surface area contributed by atoms with E-state index in [2.05, 4.69) is 4.72 Å². The molecule has 0 bridgehead atoms. The maximum atomic E-state index is 13.0. The van der Waals surface area contributed by atoms with E-state index in [0.717, 1.165) is 22.3 Å². The second-order valence-electron chi connectivity index (χ2n) is 8.70. The minimum atomic E-state index is -3.84. The molecule has 1 aliphatic rings. The highest BCUT2D eigenvalue weighted by atomic mass is 32.2. The zero-order valence-electron chi connectivity index (χ0n) is 19.5. The van der Waals surface area contributed by atoms with Crippen molar-refractivity contribution in [2.24, 2.45) is 0 Å². The maximum Gasteiger partial charge on any atom is 0.308 e. The minimum absolute atomic E-state index is 0.0155. The van der Waals surface area contributed by atoms with E-state index in [-0.39, 0.29) is 17.9 Å². The van der Waals surface area contributed by atoms with Crippen molar-refractivity contribution >= 4 is 16.0 Å². The van der Waals surface area contributed by atoms with Gasteiger partial charge in [-0.15, -0.1) is 0 Å². The summed E-state index contributed by atoms with van der Waals surface area (Å²) in [7, 11) is -3.84. The Morgan fingerprint density at radius 3 is 2.46 bits per heavy atom. The molecule has 35 heavy (non-hydrogen) atoms. The molecule has 2 N–H and O–H groups in total. The first-order chi connectivity index (χ1) is 16.8. The lowest BCUT2D eigenvalue weighted by Gasteiger charge is -2.23. The normalized spacial score (nSPS) is 18.1. The van der Waals surface area contributed by atoms with Gasteiger partial charge in [-0.1, -0.05) is 72.3 Å². The molecule has 184 valence electrons. The molecule has 0 aliphatic heterocycles. The summed E-state index contributed by atoms with van der Waals surface area (Å²) in [4.78, 5) is 12.7. The molecule has 0 aromatic heterocycles. The molecule has 0 saturated heterocycles. The van der Waals surface area contributed by atoms with Crippen LogP contribution in [0.1, 0.15) is 34.7 Å². The Morgan fingerprint density at radius 2 is 1.71 bits per heavy atom. The van der Waals surface area contributed by atoms with Crippen molar-refractivity contribution in [3.63, 3.8) is 0 Å². The van der Waals surface area contributed by atoms with Crippen molar-refractivity contribution in [3.8, 4) is 0 Å². The first kappa shape index (κ1) is 25.1. The Balaban J connectivity index is 1.38. The zero-order chi connectivity index (χ0) is 24.8. The van der Waals surface area contributed by atoms with Crippen LogP contribution in [-0.4, -0.2) is 38.3 Å². The summed E-state index contributed by atoms with van der Waals surface area (Å²) in [5.74, 6) is -0.613. The van der Waals surface area contributed by atoms with E-state index in [1.165, 1.54) is 0 Å². The molecule has 0 saturated carbocycles. The molecule has 7 nitrogen and oxygen atoms in total. The van der Waals surface area contributed by atoms with Crippen LogP contribution in [0.5, 0.6) is 0 Å². The van der Waals surface area contributed by atoms with Gasteiger partial charge in [0.25, 0.3) is 0 Å². The van der Waals surface area contributed by atoms with Gasteiger partial charge in [-0.05, 0) is 35.7 Å². The lowest BCUT2D eigenvalue weighted by molar-refractivity contribution is -0.153. The van der Waals surface area contributed by atoms with E-state index in [0.29, 0.717) is 13.0 Å². The summed E-state index contributed by atoms with van der Waals surface area (Å²) in [5.41, 5.74) is 3.60. The molecule has 3 atom stereocenters. The van der Waals surface area contributed by atoms with Gasteiger partial charge < -0.3 is 14.6 Å². The monoisotopic (exact) mass is 495 g/mol. The van der Waals surface area contributed by atoms with Gasteiger partial charge >= 0.3 is 5.97 Å². The number of sulfonamides is 1. The Bertz CT molecular complexity index is 1240. The predicted molar refractivity (Wildman–Crippen MR) is 131 cm³/mol. The largest absolute Gasteiger partial charge is 0.460 e. The number of carbonyl (C=O) groups excluding carboxylic acids is 1. The first-order valence-electron chi connectivity index (χ1n) is 11.5. The molecule has 4 rings (SSSR count). The van der Waals surface area contributed by atoms with Crippen molar-refractivity contribution in [1.82, 2.24) is 4.72 Å². The van der Waals surface area contributed by atoms with Crippen molar-refractivity contribution in [3.05, 3.63) is 101 Å². The summed E-state index contributed by atoms with van der Waals surface area (Å²) < 4.78 is 40.0. The number of nitrogens with one attached hydrogen (secondary N) is 1. The number of aliphatic hydroxyl groups excluding tert-OH is 1. The summed E-state index contributed by atoms with van der Waals surface area (Å²) in [5, 5.41) is 10.2. The second kappa shape index (κ2) is 11.1. The van der Waals surface area contributed by atoms with Gasteiger partial charge in [0.1, 0.15) is 6.10 Å². The van der Waals surface area contributed by atoms with Gasteiger partial charge in [0, 0.05) is 6.42 Å². The van der Waals surface area contributed by atoms with E-state index in [9.17, 15) is 18.3 Å². The van der Waals surface area contributed by atoms with Crippen LogP contribution in [0.25, 0.3) is 0 Å². The number of carbonyl (C=O) groups is 1. The summed E-state index contributed by atoms with van der Waals surface area (Å²) in [6, 6.07) is 22.8. The van der Waals surface area contributed by atoms with Crippen LogP contribution in [0, 0.1) is 6.92 Å². The molecule has 0 unspecified atom stereocenters. The summed E-state index contributed by atoms with van der Waals surface area (Å²) in [6.45, 7) is 2.19. The van der Waals surface area contributed by atoms with Crippen molar-refractivity contribution in [2.45, 2.75) is 49.5 Å². The predicted octanol–water partition coefficient (Wildman–Crippen LogP) is 3.45. The van der Waals surface area contributed by atoms with E-state index < -0.39 is 34.2 Å². The van der Waals surface area contributed by atoms with E-state index in [4.69, 9.17) is 9.47 Å². The summed E-state index contributed by atoms with van der Waals surface area (Å²) in [6.07, 6.45) is -1.63. The highest BCUT2D eigenvalue weighted by Crippen LogP contribution is 2.35. The van der Waals surface area contributed by atoms with Crippen LogP contribution in [0.4, 0.5) is 0 Å². The quantitative estimate of drug-likeness (QED) is 0.418. The van der Waals surface area contributed by atoms with E-state index >= 15 is 0 Å². The Labute approximate surface area is 205 Å². The number of rotatable bonds is 10. The fraction of sp³-hybridized carbons (Fsp3) is 0.296. The molecule has 0 spiro atoms. The van der Waals surface area contributed by atoms with Crippen LogP contribution in [0.3, 0.4) is 0 Å². The highest BCUT2D eigenvalue weighted by molar-refractivity contribution is 7.89. The lowest BCUT2D eigenvalue weighted by atomic mass is 10.1. The third-order valence-electron chi connectivity index (χ3n) is 5.90. The zero-order valence-corrected chi connectivity index (χ0v) is 20.3. The minimum Gasteiger partial charge on any atom is -0.460 e. The van der Waals surface area contributed by atoms with Crippen LogP contribution >= 0.6 is 0 Å². The Hall–Kier alpha value is -3.04. The molecule has 0 heterocycles. The number of benzene rings is 3. The summed E-state index contributed by atoms with van der Waals surface area (Å²) >= 11 is 0. The molecule has 8 heteroatoms. The average Bonchev–Trinajstić information content (AvgIpc) is 3.16.